The second-order valence-electron chi connectivity index (χ2n) is 15.7. The van der Waals surface area contributed by atoms with Crippen LogP contribution in [0.1, 0.15) is 245 Å². The van der Waals surface area contributed by atoms with Gasteiger partial charge in [0.1, 0.15) is 13.2 Å². The van der Waals surface area contributed by atoms with E-state index in [1.165, 1.54) is 128 Å². The lowest BCUT2D eigenvalue weighted by Gasteiger charge is -2.18. The van der Waals surface area contributed by atoms with Crippen LogP contribution in [0.25, 0.3) is 0 Å². The van der Waals surface area contributed by atoms with E-state index in [1.807, 2.05) is 0 Å². The Balaban J connectivity index is 4.35. The minimum atomic E-state index is -0.772. The maximum absolute atomic E-state index is 12.7. The Morgan fingerprint density at radius 1 is 0.352 bits per heavy atom. The smallest absolute Gasteiger partial charge is 0.306 e. The van der Waals surface area contributed by atoms with Crippen molar-refractivity contribution in [2.24, 2.45) is 0 Å². The van der Waals surface area contributed by atoms with Gasteiger partial charge in [-0.1, -0.05) is 186 Å². The Morgan fingerprint density at radius 2 is 0.630 bits per heavy atom. The highest BCUT2D eigenvalue weighted by Gasteiger charge is 2.19. The number of unbranched alkanes of at least 4 members (excludes halogenated alkanes) is 27. The highest BCUT2D eigenvalue weighted by molar-refractivity contribution is 5.71. The van der Waals surface area contributed by atoms with Gasteiger partial charge in [0.2, 0.25) is 0 Å². The molecule has 0 aliphatic carbocycles. The SMILES string of the molecule is CCCC/C=C\CCCCCCCC(=O)OC(COC(=O)CCCCCCC/C=C\CCCCCCCC)COC(=O)CCCCCCCCCCCC. The van der Waals surface area contributed by atoms with Gasteiger partial charge < -0.3 is 14.2 Å². The molecular weight excluding hydrogens is 673 g/mol. The minimum absolute atomic E-state index is 0.0746. The van der Waals surface area contributed by atoms with Gasteiger partial charge in [-0.05, 0) is 64.2 Å². The first-order valence-electron chi connectivity index (χ1n) is 23.3. The summed E-state index contributed by atoms with van der Waals surface area (Å²) in [4.78, 5) is 37.7. The van der Waals surface area contributed by atoms with Crippen LogP contribution in [0.3, 0.4) is 0 Å². The fourth-order valence-electron chi connectivity index (χ4n) is 6.59. The lowest BCUT2D eigenvalue weighted by molar-refractivity contribution is -0.167. The molecule has 54 heavy (non-hydrogen) atoms. The summed E-state index contributed by atoms with van der Waals surface area (Å²) in [5.41, 5.74) is 0. The molecule has 0 aliphatic heterocycles. The predicted molar refractivity (Wildman–Crippen MR) is 229 cm³/mol. The zero-order valence-corrected chi connectivity index (χ0v) is 36.0. The molecule has 0 spiro atoms. The maximum Gasteiger partial charge on any atom is 0.306 e. The molecule has 6 nitrogen and oxygen atoms in total. The molecule has 316 valence electrons. The molecule has 0 aliphatic rings. The Labute approximate surface area is 334 Å². The molecule has 0 bridgehead atoms. The number of allylic oxidation sites excluding steroid dienone is 4. The van der Waals surface area contributed by atoms with Gasteiger partial charge in [0.15, 0.2) is 6.10 Å². The summed E-state index contributed by atoms with van der Waals surface area (Å²) in [7, 11) is 0. The van der Waals surface area contributed by atoms with Crippen molar-refractivity contribution in [2.75, 3.05) is 13.2 Å². The van der Waals surface area contributed by atoms with Crippen LogP contribution in [-0.2, 0) is 28.6 Å². The van der Waals surface area contributed by atoms with Gasteiger partial charge in [0, 0.05) is 19.3 Å². The van der Waals surface area contributed by atoms with Crippen LogP contribution in [0.4, 0.5) is 0 Å². The van der Waals surface area contributed by atoms with Crippen molar-refractivity contribution < 1.29 is 28.6 Å². The highest BCUT2D eigenvalue weighted by atomic mass is 16.6. The van der Waals surface area contributed by atoms with E-state index < -0.39 is 6.10 Å². The van der Waals surface area contributed by atoms with Crippen molar-refractivity contribution in [1.29, 1.82) is 0 Å². The number of hydrogen-bond acceptors (Lipinski definition) is 6. The topological polar surface area (TPSA) is 78.9 Å². The molecule has 0 aromatic heterocycles. The molecule has 1 unspecified atom stereocenters. The Morgan fingerprint density at radius 3 is 0.981 bits per heavy atom. The highest BCUT2D eigenvalue weighted by Crippen LogP contribution is 2.14. The number of ether oxygens (including phenoxy) is 3. The predicted octanol–water partition coefficient (Wildman–Crippen LogP) is 14.8. The van der Waals surface area contributed by atoms with Crippen molar-refractivity contribution in [1.82, 2.24) is 0 Å². The lowest BCUT2D eigenvalue weighted by Crippen LogP contribution is -2.30. The summed E-state index contributed by atoms with van der Waals surface area (Å²) >= 11 is 0. The number of rotatable bonds is 42. The average Bonchev–Trinajstić information content (AvgIpc) is 3.17. The number of carbonyl (C=O) groups is 3. The van der Waals surface area contributed by atoms with Crippen molar-refractivity contribution in [3.8, 4) is 0 Å². The zero-order chi connectivity index (χ0) is 39.4. The molecule has 0 N–H and O–H groups in total. The van der Waals surface area contributed by atoms with Gasteiger partial charge in [-0.15, -0.1) is 0 Å². The molecule has 1 atom stereocenters. The van der Waals surface area contributed by atoms with Crippen LogP contribution in [0.2, 0.25) is 0 Å². The van der Waals surface area contributed by atoms with E-state index in [1.54, 1.807) is 0 Å². The van der Waals surface area contributed by atoms with Crippen LogP contribution in [0.15, 0.2) is 24.3 Å². The lowest BCUT2D eigenvalue weighted by atomic mass is 10.1. The molecule has 0 heterocycles. The summed E-state index contributed by atoms with van der Waals surface area (Å²) in [5.74, 6) is -0.890. The molecule has 0 aromatic carbocycles. The van der Waals surface area contributed by atoms with E-state index in [2.05, 4.69) is 45.1 Å². The third-order valence-electron chi connectivity index (χ3n) is 10.2. The summed E-state index contributed by atoms with van der Waals surface area (Å²) in [5, 5.41) is 0. The molecule has 0 amide bonds. The van der Waals surface area contributed by atoms with Crippen molar-refractivity contribution in [3.63, 3.8) is 0 Å². The Kier molecular flexibility index (Phi) is 41.9. The molecule has 0 radical (unpaired) electrons. The van der Waals surface area contributed by atoms with E-state index in [0.29, 0.717) is 19.3 Å². The molecular formula is C48H88O6. The molecule has 0 saturated carbocycles. The van der Waals surface area contributed by atoms with E-state index in [-0.39, 0.29) is 31.1 Å². The van der Waals surface area contributed by atoms with Gasteiger partial charge in [0.05, 0.1) is 0 Å². The van der Waals surface area contributed by atoms with Crippen LogP contribution in [-0.4, -0.2) is 37.2 Å². The third-order valence-corrected chi connectivity index (χ3v) is 10.2. The summed E-state index contributed by atoms with van der Waals surface area (Å²) < 4.78 is 16.7. The first-order chi connectivity index (χ1) is 26.5. The molecule has 0 rings (SSSR count). The third kappa shape index (κ3) is 41.1. The fraction of sp³-hybridized carbons (Fsp3) is 0.854. The summed E-state index contributed by atoms with van der Waals surface area (Å²) in [6.07, 6.45) is 47.3. The first-order valence-corrected chi connectivity index (χ1v) is 23.3. The fourth-order valence-corrected chi connectivity index (χ4v) is 6.59. The van der Waals surface area contributed by atoms with Crippen molar-refractivity contribution >= 4 is 17.9 Å². The number of hydrogen-bond donors (Lipinski definition) is 0. The Hall–Kier alpha value is -2.11. The van der Waals surface area contributed by atoms with Gasteiger partial charge in [0.25, 0.3) is 0 Å². The average molecular weight is 761 g/mol. The Bertz CT molecular complexity index is 880. The van der Waals surface area contributed by atoms with Crippen molar-refractivity contribution in [2.45, 2.75) is 252 Å². The van der Waals surface area contributed by atoms with E-state index in [4.69, 9.17) is 14.2 Å². The molecule has 0 aromatic rings. The van der Waals surface area contributed by atoms with Gasteiger partial charge in [-0.3, -0.25) is 14.4 Å². The normalized spacial score (nSPS) is 12.1. The van der Waals surface area contributed by atoms with E-state index in [0.717, 1.165) is 77.0 Å². The van der Waals surface area contributed by atoms with Gasteiger partial charge in [-0.2, -0.15) is 0 Å². The standard InChI is InChI=1S/C48H88O6/c1-4-7-10-13-16-19-22-23-24-25-27-29-32-35-38-41-47(50)53-44-45(43-52-46(49)40-37-34-31-28-21-18-15-12-9-6-3)54-48(51)42-39-36-33-30-26-20-17-14-11-8-5-2/h14,17,23-24,45H,4-13,15-16,18-22,25-44H2,1-3H3/b17-14-,24-23-. The zero-order valence-electron chi connectivity index (χ0n) is 36.0. The van der Waals surface area contributed by atoms with Crippen LogP contribution in [0.5, 0.6) is 0 Å². The summed E-state index contributed by atoms with van der Waals surface area (Å²) in [6, 6.07) is 0. The number of carbonyl (C=O) groups excluding carboxylic acids is 3. The quantitative estimate of drug-likeness (QED) is 0.0267. The van der Waals surface area contributed by atoms with Crippen LogP contribution < -0.4 is 0 Å². The second-order valence-corrected chi connectivity index (χ2v) is 15.7. The monoisotopic (exact) mass is 761 g/mol. The van der Waals surface area contributed by atoms with Gasteiger partial charge in [-0.25, -0.2) is 0 Å². The minimum Gasteiger partial charge on any atom is -0.462 e. The van der Waals surface area contributed by atoms with Crippen molar-refractivity contribution in [3.05, 3.63) is 24.3 Å². The second kappa shape index (κ2) is 43.6. The molecule has 0 saturated heterocycles. The number of esters is 3. The van der Waals surface area contributed by atoms with Gasteiger partial charge >= 0.3 is 17.9 Å². The first kappa shape index (κ1) is 51.9. The van der Waals surface area contributed by atoms with Crippen LogP contribution >= 0.6 is 0 Å². The van der Waals surface area contributed by atoms with Crippen LogP contribution in [0, 0.1) is 0 Å². The van der Waals surface area contributed by atoms with E-state index in [9.17, 15) is 14.4 Å². The maximum atomic E-state index is 12.7. The van der Waals surface area contributed by atoms with E-state index >= 15 is 0 Å². The molecule has 0 fully saturated rings. The summed E-state index contributed by atoms with van der Waals surface area (Å²) in [6.45, 7) is 6.57. The largest absolute Gasteiger partial charge is 0.462 e. The molecule has 6 heteroatoms.